The SMILES string of the molecule is CN1CCC(NC2C=CNN2)CC1. The first-order valence-electron chi connectivity index (χ1n) is 4.97. The molecule has 0 aromatic carbocycles. The minimum atomic E-state index is 0.313. The second kappa shape index (κ2) is 4.09. The van der Waals surface area contributed by atoms with Crippen molar-refractivity contribution in [1.82, 2.24) is 21.1 Å². The first kappa shape index (κ1) is 8.99. The predicted octanol–water partition coefficient (Wildman–Crippen LogP) is -0.382. The van der Waals surface area contributed by atoms with E-state index in [1.165, 1.54) is 25.9 Å². The number of hydrogen-bond acceptors (Lipinski definition) is 4. The molecule has 0 radical (unpaired) electrons. The van der Waals surface area contributed by atoms with Crippen molar-refractivity contribution in [1.29, 1.82) is 0 Å². The van der Waals surface area contributed by atoms with E-state index in [1.807, 2.05) is 6.20 Å². The number of hydrazine groups is 1. The van der Waals surface area contributed by atoms with Crippen molar-refractivity contribution in [3.05, 3.63) is 12.3 Å². The lowest BCUT2D eigenvalue weighted by Gasteiger charge is -2.31. The van der Waals surface area contributed by atoms with Gasteiger partial charge in [0.2, 0.25) is 0 Å². The molecule has 1 unspecified atom stereocenters. The van der Waals surface area contributed by atoms with Crippen LogP contribution in [0.15, 0.2) is 12.3 Å². The highest BCUT2D eigenvalue weighted by molar-refractivity contribution is 4.96. The van der Waals surface area contributed by atoms with Gasteiger partial charge >= 0.3 is 0 Å². The average molecular weight is 182 g/mol. The quantitative estimate of drug-likeness (QED) is 0.544. The van der Waals surface area contributed by atoms with Crippen LogP contribution in [0.1, 0.15) is 12.8 Å². The van der Waals surface area contributed by atoms with Gasteiger partial charge < -0.3 is 10.3 Å². The molecule has 2 aliphatic heterocycles. The highest BCUT2D eigenvalue weighted by Gasteiger charge is 2.19. The third-order valence-corrected chi connectivity index (χ3v) is 2.74. The number of hydrogen-bond donors (Lipinski definition) is 3. The van der Waals surface area contributed by atoms with Crippen molar-refractivity contribution in [2.24, 2.45) is 0 Å². The summed E-state index contributed by atoms with van der Waals surface area (Å²) in [4.78, 5) is 2.38. The van der Waals surface area contributed by atoms with Gasteiger partial charge in [-0.2, -0.15) is 0 Å². The molecule has 0 aliphatic carbocycles. The van der Waals surface area contributed by atoms with Crippen LogP contribution in [-0.2, 0) is 0 Å². The monoisotopic (exact) mass is 182 g/mol. The van der Waals surface area contributed by atoms with Crippen molar-refractivity contribution >= 4 is 0 Å². The van der Waals surface area contributed by atoms with E-state index in [1.54, 1.807) is 0 Å². The molecule has 4 heteroatoms. The highest BCUT2D eigenvalue weighted by atomic mass is 15.4. The van der Waals surface area contributed by atoms with Gasteiger partial charge in [0, 0.05) is 12.2 Å². The van der Waals surface area contributed by atoms with Gasteiger partial charge in [0.25, 0.3) is 0 Å². The molecule has 3 N–H and O–H groups in total. The van der Waals surface area contributed by atoms with Gasteiger partial charge in [-0.05, 0) is 39.1 Å². The Morgan fingerprint density at radius 2 is 2.15 bits per heavy atom. The van der Waals surface area contributed by atoms with E-state index < -0.39 is 0 Å². The topological polar surface area (TPSA) is 39.3 Å². The number of likely N-dealkylation sites (tertiary alicyclic amines) is 1. The van der Waals surface area contributed by atoms with E-state index in [-0.39, 0.29) is 0 Å². The molecule has 0 saturated carbocycles. The van der Waals surface area contributed by atoms with Crippen LogP contribution in [0.4, 0.5) is 0 Å². The van der Waals surface area contributed by atoms with E-state index in [4.69, 9.17) is 0 Å². The molecular formula is C9H18N4. The van der Waals surface area contributed by atoms with Crippen molar-refractivity contribution < 1.29 is 0 Å². The van der Waals surface area contributed by atoms with Crippen LogP contribution in [0, 0.1) is 0 Å². The summed E-state index contributed by atoms with van der Waals surface area (Å²) in [5.74, 6) is 0. The maximum Gasteiger partial charge on any atom is 0.0956 e. The Bertz CT molecular complexity index is 184. The zero-order chi connectivity index (χ0) is 9.10. The minimum absolute atomic E-state index is 0.313. The molecule has 0 aromatic heterocycles. The molecule has 0 bridgehead atoms. The van der Waals surface area contributed by atoms with Gasteiger partial charge in [0.05, 0.1) is 6.17 Å². The molecule has 2 heterocycles. The molecule has 0 aromatic rings. The van der Waals surface area contributed by atoms with Gasteiger partial charge in [0.15, 0.2) is 0 Å². The molecule has 1 atom stereocenters. The van der Waals surface area contributed by atoms with E-state index in [0.717, 1.165) is 0 Å². The molecule has 1 saturated heterocycles. The second-order valence-corrected chi connectivity index (χ2v) is 3.87. The molecule has 1 fully saturated rings. The van der Waals surface area contributed by atoms with Crippen LogP contribution < -0.4 is 16.2 Å². The highest BCUT2D eigenvalue weighted by Crippen LogP contribution is 2.08. The molecule has 0 amide bonds. The zero-order valence-electron chi connectivity index (χ0n) is 8.09. The lowest BCUT2D eigenvalue weighted by atomic mass is 10.1. The fourth-order valence-electron chi connectivity index (χ4n) is 1.86. The van der Waals surface area contributed by atoms with Crippen LogP contribution in [0.5, 0.6) is 0 Å². The first-order chi connectivity index (χ1) is 6.34. The van der Waals surface area contributed by atoms with Gasteiger partial charge in [-0.1, -0.05) is 0 Å². The Balaban J connectivity index is 1.72. The molecule has 2 rings (SSSR count). The first-order valence-corrected chi connectivity index (χ1v) is 4.97. The number of nitrogens with one attached hydrogen (secondary N) is 3. The Kier molecular flexibility index (Phi) is 2.83. The fourth-order valence-corrected chi connectivity index (χ4v) is 1.86. The molecular weight excluding hydrogens is 164 g/mol. The maximum atomic E-state index is 3.55. The van der Waals surface area contributed by atoms with E-state index in [0.29, 0.717) is 12.2 Å². The normalized spacial score (nSPS) is 30.7. The van der Waals surface area contributed by atoms with Crippen molar-refractivity contribution in [3.63, 3.8) is 0 Å². The maximum absolute atomic E-state index is 3.55. The summed E-state index contributed by atoms with van der Waals surface area (Å²) in [6.07, 6.45) is 6.86. The van der Waals surface area contributed by atoms with Crippen molar-refractivity contribution in [3.8, 4) is 0 Å². The van der Waals surface area contributed by atoms with Crippen molar-refractivity contribution in [2.45, 2.75) is 25.0 Å². The molecule has 13 heavy (non-hydrogen) atoms. The Labute approximate surface area is 79.3 Å². The molecule has 2 aliphatic rings. The Morgan fingerprint density at radius 1 is 1.38 bits per heavy atom. The summed E-state index contributed by atoms with van der Waals surface area (Å²) in [5, 5.41) is 3.55. The van der Waals surface area contributed by atoms with Crippen LogP contribution in [0.2, 0.25) is 0 Å². The summed E-state index contributed by atoms with van der Waals surface area (Å²) < 4.78 is 0. The molecule has 4 nitrogen and oxygen atoms in total. The van der Waals surface area contributed by atoms with Gasteiger partial charge in [0.1, 0.15) is 0 Å². The Hall–Kier alpha value is -0.580. The third kappa shape index (κ3) is 2.43. The van der Waals surface area contributed by atoms with Crippen LogP contribution >= 0.6 is 0 Å². The Morgan fingerprint density at radius 3 is 2.77 bits per heavy atom. The summed E-state index contributed by atoms with van der Waals surface area (Å²) in [7, 11) is 2.19. The minimum Gasteiger partial charge on any atom is -0.327 e. The summed E-state index contributed by atoms with van der Waals surface area (Å²) >= 11 is 0. The summed E-state index contributed by atoms with van der Waals surface area (Å²) in [5.41, 5.74) is 6.10. The lowest BCUT2D eigenvalue weighted by molar-refractivity contribution is 0.224. The zero-order valence-corrected chi connectivity index (χ0v) is 8.09. The molecule has 0 spiro atoms. The largest absolute Gasteiger partial charge is 0.327 e. The fraction of sp³-hybridized carbons (Fsp3) is 0.778. The summed E-state index contributed by atoms with van der Waals surface area (Å²) in [6.45, 7) is 2.42. The van der Waals surface area contributed by atoms with Crippen LogP contribution in [0.25, 0.3) is 0 Å². The standard InChI is InChI=1S/C9H18N4/c1-13-6-3-8(4-7-13)11-9-2-5-10-12-9/h2,5,8-12H,3-4,6-7H2,1H3. The third-order valence-electron chi connectivity index (χ3n) is 2.74. The van der Waals surface area contributed by atoms with Crippen molar-refractivity contribution in [2.75, 3.05) is 20.1 Å². The number of rotatable bonds is 2. The smallest absolute Gasteiger partial charge is 0.0956 e. The number of piperidine rings is 1. The second-order valence-electron chi connectivity index (χ2n) is 3.87. The molecule has 74 valence electrons. The van der Waals surface area contributed by atoms with E-state index in [2.05, 4.69) is 34.2 Å². The van der Waals surface area contributed by atoms with Crippen LogP contribution in [0.3, 0.4) is 0 Å². The van der Waals surface area contributed by atoms with Crippen LogP contribution in [-0.4, -0.2) is 37.2 Å². The van der Waals surface area contributed by atoms with E-state index in [9.17, 15) is 0 Å². The predicted molar refractivity (Wildman–Crippen MR) is 52.9 cm³/mol. The summed E-state index contributed by atoms with van der Waals surface area (Å²) in [6, 6.07) is 0.665. The van der Waals surface area contributed by atoms with Gasteiger partial charge in [-0.25, -0.2) is 5.43 Å². The average Bonchev–Trinajstić information content (AvgIpc) is 2.62. The lowest BCUT2D eigenvalue weighted by Crippen LogP contribution is -2.50. The van der Waals surface area contributed by atoms with E-state index >= 15 is 0 Å². The number of nitrogens with zero attached hydrogens (tertiary/aromatic N) is 1. The van der Waals surface area contributed by atoms with Gasteiger partial charge in [-0.15, -0.1) is 0 Å². The van der Waals surface area contributed by atoms with Gasteiger partial charge in [-0.3, -0.25) is 5.32 Å².